The van der Waals surface area contributed by atoms with Crippen molar-refractivity contribution in [1.29, 1.82) is 0 Å². The Bertz CT molecular complexity index is 804. The molecule has 1 unspecified atom stereocenters. The van der Waals surface area contributed by atoms with E-state index in [1.54, 1.807) is 4.90 Å². The lowest BCUT2D eigenvalue weighted by atomic mass is 10.0. The van der Waals surface area contributed by atoms with Crippen LogP contribution in [0.3, 0.4) is 0 Å². The Morgan fingerprint density at radius 3 is 2.28 bits per heavy atom. The first-order valence-electron chi connectivity index (χ1n) is 10.5. The standard InChI is InChI=1S/C23H33N3O3/c1-15-6-7-17(12-16(15)2)22(29)25-10-8-19(9-11-25)24-21(28)18-13-20(27)26(14-18)23(3,4)5/h6-7,12,18-19H,8-11,13-14H2,1-5H3,(H,24,28). The maximum atomic E-state index is 12.8. The van der Waals surface area contributed by atoms with Gasteiger partial charge in [0.05, 0.1) is 5.92 Å². The lowest BCUT2D eigenvalue weighted by Crippen LogP contribution is -2.48. The summed E-state index contributed by atoms with van der Waals surface area (Å²) in [5.74, 6) is -0.215. The summed E-state index contributed by atoms with van der Waals surface area (Å²) in [6.07, 6.45) is 1.77. The predicted octanol–water partition coefficient (Wildman–Crippen LogP) is 2.67. The van der Waals surface area contributed by atoms with Crippen molar-refractivity contribution in [2.24, 2.45) is 5.92 Å². The minimum absolute atomic E-state index is 0.0379. The van der Waals surface area contributed by atoms with Crippen LogP contribution in [0.4, 0.5) is 0 Å². The summed E-state index contributed by atoms with van der Waals surface area (Å²) in [6.45, 7) is 11.8. The van der Waals surface area contributed by atoms with Gasteiger partial charge in [-0.2, -0.15) is 0 Å². The molecular weight excluding hydrogens is 366 g/mol. The average molecular weight is 400 g/mol. The number of carbonyl (C=O) groups is 3. The van der Waals surface area contributed by atoms with E-state index in [-0.39, 0.29) is 41.6 Å². The summed E-state index contributed by atoms with van der Waals surface area (Å²) in [4.78, 5) is 41.3. The number of benzene rings is 1. The number of nitrogens with zero attached hydrogens (tertiary/aromatic N) is 2. The smallest absolute Gasteiger partial charge is 0.253 e. The van der Waals surface area contributed by atoms with Crippen molar-refractivity contribution in [3.63, 3.8) is 0 Å². The molecule has 2 saturated heterocycles. The number of piperidine rings is 1. The van der Waals surface area contributed by atoms with Gasteiger partial charge >= 0.3 is 0 Å². The topological polar surface area (TPSA) is 69.7 Å². The van der Waals surface area contributed by atoms with Gasteiger partial charge in [-0.3, -0.25) is 14.4 Å². The molecule has 2 fully saturated rings. The second kappa shape index (κ2) is 8.17. The van der Waals surface area contributed by atoms with E-state index in [1.165, 1.54) is 5.56 Å². The summed E-state index contributed by atoms with van der Waals surface area (Å²) >= 11 is 0. The van der Waals surface area contributed by atoms with E-state index < -0.39 is 0 Å². The van der Waals surface area contributed by atoms with Crippen LogP contribution in [-0.2, 0) is 9.59 Å². The number of hydrogen-bond acceptors (Lipinski definition) is 3. The molecule has 6 heteroatoms. The van der Waals surface area contributed by atoms with Crippen LogP contribution in [0.15, 0.2) is 18.2 Å². The van der Waals surface area contributed by atoms with Crippen LogP contribution in [-0.4, -0.2) is 58.7 Å². The first kappa shape index (κ1) is 21.3. The van der Waals surface area contributed by atoms with E-state index in [0.717, 1.165) is 24.0 Å². The van der Waals surface area contributed by atoms with Gasteiger partial charge in [-0.1, -0.05) is 6.07 Å². The molecule has 1 aromatic carbocycles. The molecule has 29 heavy (non-hydrogen) atoms. The summed E-state index contributed by atoms with van der Waals surface area (Å²) in [5, 5.41) is 3.11. The molecule has 0 radical (unpaired) electrons. The van der Waals surface area contributed by atoms with Gasteiger partial charge in [0.25, 0.3) is 5.91 Å². The van der Waals surface area contributed by atoms with Crippen molar-refractivity contribution in [2.45, 2.75) is 65.5 Å². The zero-order valence-electron chi connectivity index (χ0n) is 18.2. The Kier molecular flexibility index (Phi) is 6.01. The summed E-state index contributed by atoms with van der Waals surface area (Å²) in [6, 6.07) is 5.88. The Hall–Kier alpha value is -2.37. The third-order valence-electron chi connectivity index (χ3n) is 6.19. The highest BCUT2D eigenvalue weighted by Crippen LogP contribution is 2.26. The number of nitrogens with one attached hydrogen (secondary N) is 1. The second-order valence-corrected chi connectivity index (χ2v) is 9.45. The molecule has 1 atom stereocenters. The minimum Gasteiger partial charge on any atom is -0.353 e. The van der Waals surface area contributed by atoms with Crippen LogP contribution in [0.1, 0.15) is 61.5 Å². The lowest BCUT2D eigenvalue weighted by Gasteiger charge is -2.33. The van der Waals surface area contributed by atoms with Crippen LogP contribution in [0.2, 0.25) is 0 Å². The van der Waals surface area contributed by atoms with Crippen molar-refractivity contribution in [2.75, 3.05) is 19.6 Å². The van der Waals surface area contributed by atoms with E-state index in [4.69, 9.17) is 0 Å². The van der Waals surface area contributed by atoms with Crippen molar-refractivity contribution < 1.29 is 14.4 Å². The van der Waals surface area contributed by atoms with Gasteiger partial charge in [0.2, 0.25) is 11.8 Å². The fourth-order valence-corrected chi connectivity index (χ4v) is 4.13. The summed E-state index contributed by atoms with van der Waals surface area (Å²) in [7, 11) is 0. The van der Waals surface area contributed by atoms with Crippen LogP contribution >= 0.6 is 0 Å². The number of likely N-dealkylation sites (tertiary alicyclic amines) is 2. The molecule has 3 rings (SSSR count). The maximum absolute atomic E-state index is 12.8. The fraction of sp³-hybridized carbons (Fsp3) is 0.609. The molecule has 0 aliphatic carbocycles. The fourth-order valence-electron chi connectivity index (χ4n) is 4.13. The van der Waals surface area contributed by atoms with Crippen molar-refractivity contribution in [3.8, 4) is 0 Å². The number of rotatable bonds is 3. The number of aryl methyl sites for hydroxylation is 2. The first-order valence-corrected chi connectivity index (χ1v) is 10.5. The van der Waals surface area contributed by atoms with Gasteiger partial charge in [0.1, 0.15) is 0 Å². The normalized spacial score (nSPS) is 20.9. The molecule has 3 amide bonds. The number of amides is 3. The van der Waals surface area contributed by atoms with Gasteiger partial charge in [0.15, 0.2) is 0 Å². The zero-order chi connectivity index (χ0) is 21.3. The molecule has 2 aliphatic rings. The third kappa shape index (κ3) is 4.80. The van der Waals surface area contributed by atoms with Gasteiger partial charge in [-0.25, -0.2) is 0 Å². The molecule has 0 spiro atoms. The second-order valence-electron chi connectivity index (χ2n) is 9.45. The van der Waals surface area contributed by atoms with Crippen molar-refractivity contribution in [3.05, 3.63) is 34.9 Å². The molecule has 6 nitrogen and oxygen atoms in total. The van der Waals surface area contributed by atoms with E-state index in [9.17, 15) is 14.4 Å². The van der Waals surface area contributed by atoms with Crippen molar-refractivity contribution in [1.82, 2.24) is 15.1 Å². The Balaban J connectivity index is 1.51. The van der Waals surface area contributed by atoms with Crippen molar-refractivity contribution >= 4 is 17.7 Å². The molecule has 0 saturated carbocycles. The Morgan fingerprint density at radius 1 is 1.07 bits per heavy atom. The predicted molar refractivity (Wildman–Crippen MR) is 113 cm³/mol. The van der Waals surface area contributed by atoms with E-state index in [1.807, 2.05) is 57.7 Å². The third-order valence-corrected chi connectivity index (χ3v) is 6.19. The molecule has 2 aliphatic heterocycles. The highest BCUT2D eigenvalue weighted by molar-refractivity contribution is 5.94. The molecule has 0 aromatic heterocycles. The van der Waals surface area contributed by atoms with Crippen LogP contribution in [0, 0.1) is 19.8 Å². The van der Waals surface area contributed by atoms with E-state index in [0.29, 0.717) is 19.6 Å². The maximum Gasteiger partial charge on any atom is 0.253 e. The Morgan fingerprint density at radius 2 is 1.72 bits per heavy atom. The van der Waals surface area contributed by atoms with Crippen LogP contribution in [0.5, 0.6) is 0 Å². The quantitative estimate of drug-likeness (QED) is 0.850. The molecule has 1 aromatic rings. The van der Waals surface area contributed by atoms with Crippen LogP contribution in [0.25, 0.3) is 0 Å². The minimum atomic E-state index is -0.281. The van der Waals surface area contributed by atoms with Gasteiger partial charge < -0.3 is 15.1 Å². The largest absolute Gasteiger partial charge is 0.353 e. The van der Waals surface area contributed by atoms with E-state index >= 15 is 0 Å². The average Bonchev–Trinajstić information content (AvgIpc) is 3.06. The Labute approximate surface area is 173 Å². The monoisotopic (exact) mass is 399 g/mol. The van der Waals surface area contributed by atoms with Crippen LogP contribution < -0.4 is 5.32 Å². The summed E-state index contributed by atoms with van der Waals surface area (Å²) in [5.41, 5.74) is 2.76. The molecule has 1 N–H and O–H groups in total. The first-order chi connectivity index (χ1) is 13.6. The lowest BCUT2D eigenvalue weighted by molar-refractivity contribution is -0.132. The molecule has 158 valence electrons. The highest BCUT2D eigenvalue weighted by atomic mass is 16.2. The van der Waals surface area contributed by atoms with Gasteiger partial charge in [-0.15, -0.1) is 0 Å². The summed E-state index contributed by atoms with van der Waals surface area (Å²) < 4.78 is 0. The molecule has 0 bridgehead atoms. The van der Waals surface area contributed by atoms with E-state index in [2.05, 4.69) is 5.32 Å². The zero-order valence-corrected chi connectivity index (χ0v) is 18.2. The SMILES string of the molecule is Cc1ccc(C(=O)N2CCC(NC(=O)C3CC(=O)N(C(C)(C)C)C3)CC2)cc1C. The molecule has 2 heterocycles. The number of hydrogen-bond donors (Lipinski definition) is 1. The number of carbonyl (C=O) groups excluding carboxylic acids is 3. The van der Waals surface area contributed by atoms with Gasteiger partial charge in [-0.05, 0) is 70.7 Å². The van der Waals surface area contributed by atoms with Gasteiger partial charge in [0, 0.05) is 43.2 Å². The highest BCUT2D eigenvalue weighted by Gasteiger charge is 2.40. The molecular formula is C23H33N3O3.